The van der Waals surface area contributed by atoms with Crippen LogP contribution in [0.15, 0.2) is 100 Å². The third kappa shape index (κ3) is 9.34. The van der Waals surface area contributed by atoms with Crippen LogP contribution in [0.4, 0.5) is 0 Å². The van der Waals surface area contributed by atoms with E-state index >= 15 is 0 Å². The summed E-state index contributed by atoms with van der Waals surface area (Å²) in [6.07, 6.45) is 38.8. The van der Waals surface area contributed by atoms with Gasteiger partial charge in [0.1, 0.15) is 0 Å². The molecule has 0 N–H and O–H groups in total. The van der Waals surface area contributed by atoms with Gasteiger partial charge in [-0.25, -0.2) is 12.2 Å². The third-order valence-corrected chi connectivity index (χ3v) is 4.68. The molecule has 0 radical (unpaired) electrons. The molecular formula is C27H27Cl2Zr-3. The van der Waals surface area contributed by atoms with Gasteiger partial charge in [0.2, 0.25) is 0 Å². The van der Waals surface area contributed by atoms with Crippen LogP contribution in [0.2, 0.25) is 0 Å². The minimum Gasteiger partial charge on any atom is -1.00 e. The molecule has 0 saturated heterocycles. The van der Waals surface area contributed by atoms with E-state index in [0.29, 0.717) is 0 Å². The quantitative estimate of drug-likeness (QED) is 0.428. The molecule has 0 bridgehead atoms. The predicted molar refractivity (Wildman–Crippen MR) is 116 cm³/mol. The Balaban J connectivity index is 0.000000424. The molecule has 0 atom stereocenters. The van der Waals surface area contributed by atoms with Crippen LogP contribution < -0.4 is 24.8 Å². The van der Waals surface area contributed by atoms with Crippen molar-refractivity contribution in [2.24, 2.45) is 0 Å². The number of hydrogen-bond acceptors (Lipinski definition) is 0. The van der Waals surface area contributed by atoms with Gasteiger partial charge in [0.15, 0.2) is 0 Å². The summed E-state index contributed by atoms with van der Waals surface area (Å²) in [7, 11) is 0. The van der Waals surface area contributed by atoms with Crippen LogP contribution in [-0.4, -0.2) is 0 Å². The average Bonchev–Trinajstić information content (AvgIpc) is 3.34. The van der Waals surface area contributed by atoms with E-state index in [0.717, 1.165) is 6.42 Å². The van der Waals surface area contributed by atoms with Crippen molar-refractivity contribution in [1.82, 2.24) is 0 Å². The molecule has 5 aliphatic carbocycles. The summed E-state index contributed by atoms with van der Waals surface area (Å²) in [4.78, 5) is 0. The molecule has 0 aliphatic heterocycles. The van der Waals surface area contributed by atoms with Crippen LogP contribution in [-0.2, 0) is 26.2 Å². The second kappa shape index (κ2) is 15.6. The molecule has 0 amide bonds. The maximum absolute atomic E-state index is 3.33. The zero-order valence-electron chi connectivity index (χ0n) is 17.6. The normalized spacial score (nSPS) is 18.9. The van der Waals surface area contributed by atoms with Crippen LogP contribution in [0.5, 0.6) is 0 Å². The first-order valence-electron chi connectivity index (χ1n) is 9.81. The maximum atomic E-state index is 3.33. The number of rotatable bonds is 0. The van der Waals surface area contributed by atoms with Crippen LogP contribution in [0, 0.1) is 18.2 Å². The first kappa shape index (κ1) is 28.9. The van der Waals surface area contributed by atoms with Gasteiger partial charge in [-0.1, -0.05) is 38.8 Å². The molecule has 0 aromatic heterocycles. The number of hydrogen-bond donors (Lipinski definition) is 0. The van der Waals surface area contributed by atoms with E-state index in [2.05, 4.69) is 86.8 Å². The zero-order chi connectivity index (χ0) is 18.9. The van der Waals surface area contributed by atoms with Crippen molar-refractivity contribution in [1.29, 1.82) is 0 Å². The van der Waals surface area contributed by atoms with E-state index in [1.807, 2.05) is 12.2 Å². The van der Waals surface area contributed by atoms with Crippen molar-refractivity contribution in [3.05, 3.63) is 119 Å². The molecule has 0 heterocycles. The Hall–Kier alpha value is -1.14. The molecule has 0 aromatic carbocycles. The minimum atomic E-state index is 0. The molecular weight excluding hydrogens is 486 g/mol. The second-order valence-electron chi connectivity index (χ2n) is 7.05. The van der Waals surface area contributed by atoms with Crippen LogP contribution >= 0.6 is 0 Å². The monoisotopic (exact) mass is 511 g/mol. The van der Waals surface area contributed by atoms with E-state index in [1.54, 1.807) is 0 Å². The number of fused-ring (bicyclic) bond motifs is 2. The Morgan fingerprint density at radius 3 is 1.57 bits per heavy atom. The summed E-state index contributed by atoms with van der Waals surface area (Å²) >= 11 is 0. The minimum absolute atomic E-state index is 0. The Morgan fingerprint density at radius 1 is 0.700 bits per heavy atom. The van der Waals surface area contributed by atoms with Crippen LogP contribution in [0.1, 0.15) is 46.0 Å². The van der Waals surface area contributed by atoms with E-state index in [-0.39, 0.29) is 51.0 Å². The van der Waals surface area contributed by atoms with Gasteiger partial charge in [0, 0.05) is 0 Å². The van der Waals surface area contributed by atoms with Crippen molar-refractivity contribution in [2.75, 3.05) is 0 Å². The zero-order valence-corrected chi connectivity index (χ0v) is 21.6. The van der Waals surface area contributed by atoms with Crippen molar-refractivity contribution in [3.8, 4) is 0 Å². The van der Waals surface area contributed by atoms with Gasteiger partial charge in [-0.05, 0) is 12.8 Å². The van der Waals surface area contributed by atoms with Crippen molar-refractivity contribution in [3.63, 3.8) is 0 Å². The van der Waals surface area contributed by atoms with Gasteiger partial charge in [-0.2, -0.15) is 40.5 Å². The van der Waals surface area contributed by atoms with Gasteiger partial charge in [-0.15, -0.1) is 54.0 Å². The van der Waals surface area contributed by atoms with Crippen molar-refractivity contribution in [2.45, 2.75) is 46.0 Å². The molecule has 5 aliphatic rings. The summed E-state index contributed by atoms with van der Waals surface area (Å²) in [5.74, 6) is 0. The summed E-state index contributed by atoms with van der Waals surface area (Å²) < 4.78 is 0. The number of allylic oxidation sites excluding steroid dienone is 20. The Labute approximate surface area is 214 Å². The SMILES string of the molecule is CC1=[C-]C2=CC=CCCC2=C1.CC1=[C-]C2=CC=CCCC2=C1.[C-]1=CC=CC1.[Cl-].[Cl-].[Zr+2]. The molecule has 0 unspecified atom stereocenters. The Morgan fingerprint density at radius 2 is 1.20 bits per heavy atom. The molecule has 5 rings (SSSR count). The standard InChI is InChI=1S/2C11H11.C5H5.2ClH.Zr/c2*1-9-7-10-5-3-2-4-6-11(10)8-9;1-2-4-5-3-1;;;/h2*2-3,5,8H,4,6H2,1H3;1-3H,4H2;2*1H;/q3*-1;;;+2/p-2. The predicted octanol–water partition coefficient (Wildman–Crippen LogP) is 1.22. The molecule has 0 aromatic rings. The summed E-state index contributed by atoms with van der Waals surface area (Å²) in [6.45, 7) is 4.21. The fourth-order valence-corrected chi connectivity index (χ4v) is 3.39. The smallest absolute Gasteiger partial charge is 1.00 e. The van der Waals surface area contributed by atoms with Gasteiger partial charge < -0.3 is 24.8 Å². The Bertz CT molecular complexity index is 797. The first-order chi connectivity index (χ1) is 13.2. The van der Waals surface area contributed by atoms with E-state index in [1.165, 1.54) is 59.1 Å². The van der Waals surface area contributed by atoms with Gasteiger partial charge in [0.05, 0.1) is 0 Å². The van der Waals surface area contributed by atoms with Crippen molar-refractivity contribution >= 4 is 0 Å². The van der Waals surface area contributed by atoms with E-state index in [4.69, 9.17) is 0 Å². The molecule has 156 valence electrons. The van der Waals surface area contributed by atoms with Gasteiger partial charge in [-0.3, -0.25) is 6.08 Å². The molecule has 0 spiro atoms. The molecule has 0 saturated carbocycles. The van der Waals surface area contributed by atoms with Crippen LogP contribution in [0.3, 0.4) is 0 Å². The molecule has 30 heavy (non-hydrogen) atoms. The van der Waals surface area contributed by atoms with E-state index < -0.39 is 0 Å². The van der Waals surface area contributed by atoms with Crippen LogP contribution in [0.25, 0.3) is 0 Å². The van der Waals surface area contributed by atoms with E-state index in [9.17, 15) is 0 Å². The second-order valence-corrected chi connectivity index (χ2v) is 7.05. The average molecular weight is 514 g/mol. The molecule has 0 nitrogen and oxygen atoms in total. The number of halogens is 2. The molecule has 0 fully saturated rings. The summed E-state index contributed by atoms with van der Waals surface area (Å²) in [5.41, 5.74) is 8.01. The summed E-state index contributed by atoms with van der Waals surface area (Å²) in [5, 5.41) is 0. The van der Waals surface area contributed by atoms with Crippen molar-refractivity contribution < 1.29 is 51.0 Å². The maximum Gasteiger partial charge on any atom is 2.00 e. The fourth-order valence-electron chi connectivity index (χ4n) is 3.39. The summed E-state index contributed by atoms with van der Waals surface area (Å²) in [6, 6.07) is 0. The third-order valence-electron chi connectivity index (χ3n) is 4.68. The largest absolute Gasteiger partial charge is 2.00 e. The first-order valence-corrected chi connectivity index (χ1v) is 9.81. The fraction of sp³-hybridized carbons (Fsp3) is 0.259. The van der Waals surface area contributed by atoms with Gasteiger partial charge >= 0.3 is 26.2 Å². The topological polar surface area (TPSA) is 0 Å². The van der Waals surface area contributed by atoms with Gasteiger partial charge in [0.25, 0.3) is 0 Å². The molecule has 3 heteroatoms. The Kier molecular flexibility index (Phi) is 15.0.